The van der Waals surface area contributed by atoms with Gasteiger partial charge >= 0.3 is 5.91 Å². The number of halogens is 1. The van der Waals surface area contributed by atoms with Gasteiger partial charge in [0.15, 0.2) is 4.34 Å². The number of nitrogens with zero attached hydrogens (tertiary/aromatic N) is 3. The van der Waals surface area contributed by atoms with Crippen molar-refractivity contribution in [3.8, 4) is 5.75 Å². The van der Waals surface area contributed by atoms with Gasteiger partial charge in [0.25, 0.3) is 5.78 Å². The summed E-state index contributed by atoms with van der Waals surface area (Å²) in [5.41, 5.74) is 2.03. The molecule has 1 aliphatic rings. The maximum atomic E-state index is 14.4. The molecule has 0 saturated carbocycles. The molecule has 1 unspecified atom stereocenters. The van der Waals surface area contributed by atoms with Crippen molar-refractivity contribution in [2.45, 2.75) is 30.0 Å². The lowest BCUT2D eigenvalue weighted by molar-refractivity contribution is -0.132. The fraction of sp³-hybridized carbons (Fsp3) is 0.152. The van der Waals surface area contributed by atoms with Gasteiger partial charge in [-0.1, -0.05) is 89.8 Å². The van der Waals surface area contributed by atoms with Gasteiger partial charge in [0.1, 0.15) is 17.3 Å². The maximum absolute atomic E-state index is 14.4. The standard InChI is InChI=1S/C33H26FN3O4S2/c1-3-41-24-15-13-21(14-16-24)28-27(29(38)22-12-11-19(2)26(34)17-22)30(39)31(40)37(28)32-35-36-33(43-32)42-18-23-9-6-8-20-7-4-5-10-25(20)23/h4-17,28,38H,3,18H2,1-2H3/b29-27-. The molecule has 10 heteroatoms. The van der Waals surface area contributed by atoms with E-state index in [1.807, 2.05) is 25.1 Å². The average molecular weight is 612 g/mol. The summed E-state index contributed by atoms with van der Waals surface area (Å²) in [4.78, 5) is 28.3. The highest BCUT2D eigenvalue weighted by Crippen LogP contribution is 2.44. The molecule has 4 aromatic carbocycles. The van der Waals surface area contributed by atoms with Crippen molar-refractivity contribution in [1.82, 2.24) is 10.2 Å². The van der Waals surface area contributed by atoms with Gasteiger partial charge in [-0.2, -0.15) is 0 Å². The third kappa shape index (κ3) is 5.51. The summed E-state index contributed by atoms with van der Waals surface area (Å²) in [7, 11) is 0. The number of aliphatic hydroxyl groups excluding tert-OH is 1. The maximum Gasteiger partial charge on any atom is 0.301 e. The number of aryl methyl sites for hydroxylation is 1. The van der Waals surface area contributed by atoms with Gasteiger partial charge in [-0.3, -0.25) is 14.5 Å². The number of Topliss-reactive ketones (excluding diaryl/α,β-unsaturated/α-hetero) is 1. The van der Waals surface area contributed by atoms with E-state index in [0.29, 0.717) is 33.6 Å². The summed E-state index contributed by atoms with van der Waals surface area (Å²) in [5.74, 6) is -1.49. The monoisotopic (exact) mass is 611 g/mol. The smallest absolute Gasteiger partial charge is 0.301 e. The second-order valence-corrected chi connectivity index (χ2v) is 12.1. The van der Waals surface area contributed by atoms with Crippen LogP contribution in [0.15, 0.2) is 94.8 Å². The van der Waals surface area contributed by atoms with Gasteiger partial charge in [0.2, 0.25) is 5.13 Å². The highest BCUT2D eigenvalue weighted by atomic mass is 32.2. The fourth-order valence-electron chi connectivity index (χ4n) is 5.07. The van der Waals surface area contributed by atoms with Crippen LogP contribution in [0.25, 0.3) is 16.5 Å². The Kier molecular flexibility index (Phi) is 7.96. The molecule has 1 amide bonds. The van der Waals surface area contributed by atoms with Gasteiger partial charge in [0, 0.05) is 11.3 Å². The highest BCUT2D eigenvalue weighted by Gasteiger charge is 2.48. The molecule has 5 aromatic rings. The number of fused-ring (bicyclic) bond motifs is 1. The first-order valence-corrected chi connectivity index (χ1v) is 15.4. The number of ketones is 1. The molecule has 1 aliphatic heterocycles. The van der Waals surface area contributed by atoms with Gasteiger partial charge in [-0.25, -0.2) is 4.39 Å². The molecule has 7 nitrogen and oxygen atoms in total. The summed E-state index contributed by atoms with van der Waals surface area (Å²) >= 11 is 2.67. The molecule has 0 bridgehead atoms. The summed E-state index contributed by atoms with van der Waals surface area (Å²) in [5, 5.41) is 22.4. The predicted octanol–water partition coefficient (Wildman–Crippen LogP) is 7.46. The normalized spacial score (nSPS) is 16.3. The third-order valence-electron chi connectivity index (χ3n) is 7.23. The minimum absolute atomic E-state index is 0.0978. The van der Waals surface area contributed by atoms with Crippen molar-refractivity contribution >= 4 is 56.5 Å². The minimum Gasteiger partial charge on any atom is -0.507 e. The molecule has 0 aliphatic carbocycles. The number of benzene rings is 4. The third-order valence-corrected chi connectivity index (χ3v) is 9.33. The Morgan fingerprint density at radius 1 is 1.02 bits per heavy atom. The largest absolute Gasteiger partial charge is 0.507 e. The second-order valence-electron chi connectivity index (χ2n) is 9.91. The first kappa shape index (κ1) is 28.6. The van der Waals surface area contributed by atoms with E-state index in [1.54, 1.807) is 31.2 Å². The van der Waals surface area contributed by atoms with Crippen LogP contribution < -0.4 is 9.64 Å². The Bertz CT molecular complexity index is 1880. The zero-order chi connectivity index (χ0) is 30.1. The number of aliphatic hydroxyl groups is 1. The van der Waals surface area contributed by atoms with Crippen LogP contribution in [-0.4, -0.2) is 33.6 Å². The van der Waals surface area contributed by atoms with Crippen LogP contribution in [0.5, 0.6) is 5.75 Å². The van der Waals surface area contributed by atoms with Crippen LogP contribution in [0.1, 0.15) is 35.2 Å². The van der Waals surface area contributed by atoms with Crippen LogP contribution in [0.2, 0.25) is 0 Å². The molecule has 2 heterocycles. The fourth-order valence-corrected chi connectivity index (χ4v) is 6.94. The lowest BCUT2D eigenvalue weighted by Crippen LogP contribution is -2.29. The van der Waals surface area contributed by atoms with Crippen LogP contribution in [-0.2, 0) is 15.3 Å². The lowest BCUT2D eigenvalue weighted by atomic mass is 9.95. The number of amides is 1. The minimum atomic E-state index is -1.01. The number of hydrogen-bond donors (Lipinski definition) is 1. The van der Waals surface area contributed by atoms with Crippen molar-refractivity contribution in [3.63, 3.8) is 0 Å². The SMILES string of the molecule is CCOc1ccc(C2/C(=C(/O)c3ccc(C)c(F)c3)C(=O)C(=O)N2c2nnc(SCc3cccc4ccccc34)s2)cc1. The van der Waals surface area contributed by atoms with E-state index in [1.165, 1.54) is 40.1 Å². The molecule has 1 fully saturated rings. The molecule has 1 N–H and O–H groups in total. The molecule has 1 saturated heterocycles. The average Bonchev–Trinajstić information content (AvgIpc) is 3.59. The number of carbonyl (C=O) groups excluding carboxylic acids is 2. The van der Waals surface area contributed by atoms with Crippen molar-refractivity contribution in [2.75, 3.05) is 11.5 Å². The molecule has 43 heavy (non-hydrogen) atoms. The van der Waals surface area contributed by atoms with E-state index < -0.39 is 29.3 Å². The summed E-state index contributed by atoms with van der Waals surface area (Å²) in [6.45, 7) is 3.94. The van der Waals surface area contributed by atoms with Crippen molar-refractivity contribution in [1.29, 1.82) is 0 Å². The second kappa shape index (κ2) is 12.0. The van der Waals surface area contributed by atoms with Crippen molar-refractivity contribution < 1.29 is 23.8 Å². The van der Waals surface area contributed by atoms with E-state index in [-0.39, 0.29) is 16.3 Å². The van der Waals surface area contributed by atoms with E-state index in [4.69, 9.17) is 4.74 Å². The zero-order valence-corrected chi connectivity index (χ0v) is 24.9. The Labute approximate surface area is 255 Å². The first-order valence-electron chi connectivity index (χ1n) is 13.6. The summed E-state index contributed by atoms with van der Waals surface area (Å²) in [6, 6.07) is 24.4. The Balaban J connectivity index is 1.37. The lowest BCUT2D eigenvalue weighted by Gasteiger charge is -2.22. The molecule has 216 valence electrons. The van der Waals surface area contributed by atoms with Gasteiger partial charge in [0.05, 0.1) is 18.2 Å². The molecule has 0 radical (unpaired) electrons. The summed E-state index contributed by atoms with van der Waals surface area (Å²) < 4.78 is 20.6. The van der Waals surface area contributed by atoms with Crippen LogP contribution in [0.3, 0.4) is 0 Å². The van der Waals surface area contributed by atoms with E-state index >= 15 is 0 Å². The number of ether oxygens (including phenoxy) is 1. The molecular formula is C33H26FN3O4S2. The van der Waals surface area contributed by atoms with Crippen molar-refractivity contribution in [3.05, 3.63) is 119 Å². The van der Waals surface area contributed by atoms with Crippen molar-refractivity contribution in [2.24, 2.45) is 0 Å². The van der Waals surface area contributed by atoms with E-state index in [2.05, 4.69) is 34.5 Å². The molecular weight excluding hydrogens is 586 g/mol. The number of aromatic nitrogens is 2. The zero-order valence-electron chi connectivity index (χ0n) is 23.3. The molecule has 1 atom stereocenters. The number of thioether (sulfide) groups is 1. The van der Waals surface area contributed by atoms with Gasteiger partial charge < -0.3 is 9.84 Å². The van der Waals surface area contributed by atoms with Gasteiger partial charge in [-0.05, 0) is 59.5 Å². The number of rotatable bonds is 8. The van der Waals surface area contributed by atoms with Crippen LogP contribution in [0, 0.1) is 12.7 Å². The number of hydrogen-bond acceptors (Lipinski definition) is 8. The Morgan fingerprint density at radius 2 is 1.79 bits per heavy atom. The molecule has 1 aromatic heterocycles. The Hall–Kier alpha value is -4.54. The Morgan fingerprint density at radius 3 is 2.56 bits per heavy atom. The van der Waals surface area contributed by atoms with Crippen LogP contribution >= 0.6 is 23.1 Å². The quantitative estimate of drug-likeness (QED) is 0.0640. The van der Waals surface area contributed by atoms with Crippen LogP contribution in [0.4, 0.5) is 9.52 Å². The molecule has 6 rings (SSSR count). The van der Waals surface area contributed by atoms with E-state index in [9.17, 15) is 19.1 Å². The predicted molar refractivity (Wildman–Crippen MR) is 167 cm³/mol. The topological polar surface area (TPSA) is 92.6 Å². The number of carbonyl (C=O) groups is 2. The molecule has 0 spiro atoms. The highest BCUT2D eigenvalue weighted by molar-refractivity contribution is 8.00. The first-order chi connectivity index (χ1) is 20.9. The number of anilines is 1. The van der Waals surface area contributed by atoms with Gasteiger partial charge in [-0.15, -0.1) is 10.2 Å². The summed E-state index contributed by atoms with van der Waals surface area (Å²) in [6.07, 6.45) is 0. The van der Waals surface area contributed by atoms with E-state index in [0.717, 1.165) is 22.4 Å².